The van der Waals surface area contributed by atoms with Gasteiger partial charge in [0.25, 0.3) is 5.91 Å². The van der Waals surface area contributed by atoms with Gasteiger partial charge in [-0.1, -0.05) is 49.4 Å². The van der Waals surface area contributed by atoms with E-state index < -0.39 is 11.2 Å². The molecule has 4 nitrogen and oxygen atoms in total. The molecule has 0 fully saturated rings. The maximum Gasteiger partial charge on any atom is 0.316 e. The summed E-state index contributed by atoms with van der Waals surface area (Å²) >= 11 is 1.18. The van der Waals surface area contributed by atoms with Crippen LogP contribution in [0.3, 0.4) is 0 Å². The summed E-state index contributed by atoms with van der Waals surface area (Å²) in [5.41, 5.74) is 1.67. The summed E-state index contributed by atoms with van der Waals surface area (Å²) < 4.78 is 0. The lowest BCUT2D eigenvalue weighted by atomic mass is 9.94. The second kappa shape index (κ2) is 8.72. The van der Waals surface area contributed by atoms with Gasteiger partial charge in [-0.15, -0.1) is 11.8 Å². The Labute approximate surface area is 152 Å². The average molecular weight is 357 g/mol. The molecule has 5 heteroatoms. The number of thioether (sulfide) groups is 1. The van der Waals surface area contributed by atoms with Crippen molar-refractivity contribution in [1.82, 2.24) is 5.32 Å². The molecule has 0 saturated heterocycles. The van der Waals surface area contributed by atoms with Crippen molar-refractivity contribution in [3.63, 3.8) is 0 Å². The minimum Gasteiger partial charge on any atom is -0.480 e. The number of carboxylic acid groups (broad SMARTS) is 1. The van der Waals surface area contributed by atoms with E-state index in [0.29, 0.717) is 10.5 Å². The molecule has 132 valence electrons. The quantitative estimate of drug-likeness (QED) is 0.730. The number of amides is 1. The summed E-state index contributed by atoms with van der Waals surface area (Å²) in [4.78, 5) is 24.5. The Hall–Kier alpha value is -2.27. The summed E-state index contributed by atoms with van der Waals surface area (Å²) in [5.74, 6) is -0.912. The van der Waals surface area contributed by atoms with Crippen molar-refractivity contribution in [1.29, 1.82) is 0 Å². The van der Waals surface area contributed by atoms with Gasteiger partial charge >= 0.3 is 5.97 Å². The highest BCUT2D eigenvalue weighted by Gasteiger charge is 2.21. The molecule has 0 aliphatic rings. The molecule has 0 aliphatic heterocycles. The molecule has 25 heavy (non-hydrogen) atoms. The largest absolute Gasteiger partial charge is 0.480 e. The van der Waals surface area contributed by atoms with E-state index in [9.17, 15) is 9.59 Å². The maximum absolute atomic E-state index is 12.7. The van der Waals surface area contributed by atoms with Crippen LogP contribution in [0.2, 0.25) is 0 Å². The SMILES string of the molecule is CC(Sc1ccccc1C(=O)NC(C)C(C)c1ccccc1)C(=O)O. The van der Waals surface area contributed by atoms with Crippen LogP contribution in [0, 0.1) is 0 Å². The number of hydrogen-bond donors (Lipinski definition) is 2. The van der Waals surface area contributed by atoms with Gasteiger partial charge in [-0.25, -0.2) is 0 Å². The van der Waals surface area contributed by atoms with Crippen molar-refractivity contribution >= 4 is 23.6 Å². The van der Waals surface area contributed by atoms with Crippen LogP contribution in [0.25, 0.3) is 0 Å². The van der Waals surface area contributed by atoms with Crippen molar-refractivity contribution < 1.29 is 14.7 Å². The Balaban J connectivity index is 2.11. The summed E-state index contributed by atoms with van der Waals surface area (Å²) in [7, 11) is 0. The first-order valence-corrected chi connectivity index (χ1v) is 9.12. The van der Waals surface area contributed by atoms with Gasteiger partial charge in [-0.05, 0) is 31.5 Å². The Morgan fingerprint density at radius 2 is 1.56 bits per heavy atom. The molecule has 0 heterocycles. The number of carbonyl (C=O) groups excluding carboxylic acids is 1. The molecular weight excluding hydrogens is 334 g/mol. The molecule has 2 aromatic rings. The standard InChI is InChI=1S/C20H23NO3S/c1-13(16-9-5-4-6-10-16)14(2)21-19(22)17-11-7-8-12-18(17)25-15(3)20(23)24/h4-15H,1-3H3,(H,21,22)(H,23,24). The Morgan fingerprint density at radius 3 is 2.20 bits per heavy atom. The number of carboxylic acids is 1. The number of benzene rings is 2. The smallest absolute Gasteiger partial charge is 0.316 e. The molecule has 3 unspecified atom stereocenters. The summed E-state index contributed by atoms with van der Waals surface area (Å²) in [6.07, 6.45) is 0. The van der Waals surface area contributed by atoms with Crippen LogP contribution in [-0.2, 0) is 4.79 Å². The van der Waals surface area contributed by atoms with Gasteiger partial charge in [-0.3, -0.25) is 9.59 Å². The van der Waals surface area contributed by atoms with Gasteiger partial charge in [0, 0.05) is 16.9 Å². The van der Waals surface area contributed by atoms with E-state index in [1.165, 1.54) is 11.8 Å². The summed E-state index contributed by atoms with van der Waals surface area (Å²) in [6.45, 7) is 5.67. The van der Waals surface area contributed by atoms with Gasteiger partial charge < -0.3 is 10.4 Å². The van der Waals surface area contributed by atoms with Crippen LogP contribution >= 0.6 is 11.8 Å². The molecule has 1 amide bonds. The number of aliphatic carboxylic acids is 1. The second-order valence-corrected chi connectivity index (χ2v) is 7.44. The fourth-order valence-corrected chi connectivity index (χ4v) is 3.38. The van der Waals surface area contributed by atoms with Crippen LogP contribution in [0.4, 0.5) is 0 Å². The zero-order valence-corrected chi connectivity index (χ0v) is 15.4. The third-order valence-electron chi connectivity index (χ3n) is 4.22. The highest BCUT2D eigenvalue weighted by molar-refractivity contribution is 8.00. The lowest BCUT2D eigenvalue weighted by molar-refractivity contribution is -0.136. The molecule has 0 spiro atoms. The number of hydrogen-bond acceptors (Lipinski definition) is 3. The van der Waals surface area contributed by atoms with Gasteiger partial charge in [0.15, 0.2) is 0 Å². The average Bonchev–Trinajstić information content (AvgIpc) is 2.62. The van der Waals surface area contributed by atoms with Gasteiger partial charge in [0.1, 0.15) is 5.25 Å². The van der Waals surface area contributed by atoms with Crippen molar-refractivity contribution in [3.8, 4) is 0 Å². The van der Waals surface area contributed by atoms with E-state index in [1.54, 1.807) is 25.1 Å². The summed E-state index contributed by atoms with van der Waals surface area (Å²) in [6, 6.07) is 17.1. The first kappa shape index (κ1) is 19.1. The van der Waals surface area contributed by atoms with E-state index in [1.807, 2.05) is 43.3 Å². The molecule has 0 saturated carbocycles. The molecule has 0 bridgehead atoms. The fraction of sp³-hybridized carbons (Fsp3) is 0.300. The predicted molar refractivity (Wildman–Crippen MR) is 101 cm³/mol. The maximum atomic E-state index is 12.7. The highest BCUT2D eigenvalue weighted by Crippen LogP contribution is 2.27. The highest BCUT2D eigenvalue weighted by atomic mass is 32.2. The van der Waals surface area contributed by atoms with Gasteiger partial charge in [-0.2, -0.15) is 0 Å². The third kappa shape index (κ3) is 5.10. The molecule has 2 aromatic carbocycles. The Bertz CT molecular complexity index is 733. The van der Waals surface area contributed by atoms with Crippen LogP contribution in [0.1, 0.15) is 42.6 Å². The molecule has 0 aliphatic carbocycles. The Morgan fingerprint density at radius 1 is 0.960 bits per heavy atom. The van der Waals surface area contributed by atoms with Crippen LogP contribution in [0.5, 0.6) is 0 Å². The predicted octanol–water partition coefficient (Wildman–Crippen LogP) is 4.17. The lowest BCUT2D eigenvalue weighted by Crippen LogP contribution is -2.36. The van der Waals surface area contributed by atoms with E-state index in [4.69, 9.17) is 5.11 Å². The van der Waals surface area contributed by atoms with Crippen LogP contribution < -0.4 is 5.32 Å². The van der Waals surface area contributed by atoms with E-state index >= 15 is 0 Å². The van der Waals surface area contributed by atoms with E-state index in [-0.39, 0.29) is 17.9 Å². The molecule has 0 radical (unpaired) electrons. The Kier molecular flexibility index (Phi) is 6.65. The third-order valence-corrected chi connectivity index (χ3v) is 5.38. The first-order valence-electron chi connectivity index (χ1n) is 8.24. The second-order valence-electron chi connectivity index (χ2n) is 6.06. The minimum atomic E-state index is -0.897. The fourth-order valence-electron chi connectivity index (χ4n) is 2.45. The number of carbonyl (C=O) groups is 2. The lowest BCUT2D eigenvalue weighted by Gasteiger charge is -2.22. The monoisotopic (exact) mass is 357 g/mol. The number of nitrogens with one attached hydrogen (secondary N) is 1. The van der Waals surface area contributed by atoms with Crippen LogP contribution in [0.15, 0.2) is 59.5 Å². The van der Waals surface area contributed by atoms with Gasteiger partial charge in [0.05, 0.1) is 5.56 Å². The van der Waals surface area contributed by atoms with E-state index in [0.717, 1.165) is 5.56 Å². The summed E-state index contributed by atoms with van der Waals surface area (Å²) in [5, 5.41) is 11.5. The van der Waals surface area contributed by atoms with Crippen molar-refractivity contribution in [2.24, 2.45) is 0 Å². The first-order chi connectivity index (χ1) is 11.9. The topological polar surface area (TPSA) is 66.4 Å². The van der Waals surface area contributed by atoms with Gasteiger partial charge in [0.2, 0.25) is 0 Å². The van der Waals surface area contributed by atoms with Crippen molar-refractivity contribution in [2.45, 2.75) is 42.9 Å². The zero-order valence-electron chi connectivity index (χ0n) is 14.6. The van der Waals surface area contributed by atoms with E-state index in [2.05, 4.69) is 12.2 Å². The molecule has 3 atom stereocenters. The van der Waals surface area contributed by atoms with Crippen LogP contribution in [-0.4, -0.2) is 28.3 Å². The minimum absolute atomic E-state index is 0.0511. The number of rotatable bonds is 7. The van der Waals surface area contributed by atoms with Crippen molar-refractivity contribution in [2.75, 3.05) is 0 Å². The molecule has 0 aromatic heterocycles. The molecular formula is C20H23NO3S. The van der Waals surface area contributed by atoms with Crippen molar-refractivity contribution in [3.05, 3.63) is 65.7 Å². The molecule has 2 N–H and O–H groups in total. The molecule has 2 rings (SSSR count). The zero-order chi connectivity index (χ0) is 18.4. The normalized spacial score (nSPS) is 14.4.